The molecule has 1 aliphatic heterocycles. The average Bonchev–Trinajstić information content (AvgIpc) is 2.75. The largest absolute Gasteiger partial charge is 0.378 e. The van der Waals surface area contributed by atoms with E-state index in [0.717, 1.165) is 43.2 Å². The second-order valence-corrected chi connectivity index (χ2v) is 7.72. The lowest BCUT2D eigenvalue weighted by Crippen LogP contribution is -2.36. The third-order valence-corrected chi connectivity index (χ3v) is 5.63. The molecule has 0 bridgehead atoms. The predicted molar refractivity (Wildman–Crippen MR) is 121 cm³/mol. The molecule has 2 aromatic carbocycles. The Morgan fingerprint density at radius 2 is 1.97 bits per heavy atom. The molecule has 7 nitrogen and oxygen atoms in total. The summed E-state index contributed by atoms with van der Waals surface area (Å²) < 4.78 is 7.15. The average molecular weight is 425 g/mol. The molecular formula is C22H24N4O3S. The van der Waals surface area contributed by atoms with Gasteiger partial charge in [-0.3, -0.25) is 14.2 Å². The molecule has 2 heterocycles. The number of benzene rings is 2. The summed E-state index contributed by atoms with van der Waals surface area (Å²) in [6.45, 7) is 5.39. The number of ether oxygens (including phenoxy) is 1. The molecule has 30 heavy (non-hydrogen) atoms. The highest BCUT2D eigenvalue weighted by Gasteiger charge is 2.13. The normalized spacial score (nSPS) is 14.1. The van der Waals surface area contributed by atoms with Gasteiger partial charge in [-0.1, -0.05) is 12.1 Å². The Hall–Kier alpha value is -2.97. The zero-order valence-electron chi connectivity index (χ0n) is 16.8. The minimum atomic E-state index is -0.187. The minimum Gasteiger partial charge on any atom is -0.378 e. The van der Waals surface area contributed by atoms with Gasteiger partial charge >= 0.3 is 0 Å². The first-order chi connectivity index (χ1) is 14.5. The number of aromatic nitrogens is 2. The zero-order valence-corrected chi connectivity index (χ0v) is 17.6. The quantitative estimate of drug-likeness (QED) is 0.615. The molecule has 1 aliphatic rings. The van der Waals surface area contributed by atoms with Gasteiger partial charge in [-0.2, -0.15) is 0 Å². The third kappa shape index (κ3) is 4.29. The van der Waals surface area contributed by atoms with Crippen molar-refractivity contribution < 1.29 is 9.53 Å². The van der Waals surface area contributed by atoms with E-state index < -0.39 is 0 Å². The molecular weight excluding hydrogens is 400 g/mol. The number of nitrogens with one attached hydrogen (secondary N) is 2. The SMILES string of the molecule is Cc1cc(N2CCOCC2)ccc1NC(=O)CCn1c(=S)[nH]c2ccccc2c1=O. The van der Waals surface area contributed by atoms with Gasteiger partial charge in [0.05, 0.1) is 24.1 Å². The summed E-state index contributed by atoms with van der Waals surface area (Å²) in [4.78, 5) is 30.5. The number of para-hydroxylation sites is 1. The number of fused-ring (bicyclic) bond motifs is 1. The van der Waals surface area contributed by atoms with Crippen molar-refractivity contribution in [3.8, 4) is 0 Å². The number of H-pyrrole nitrogens is 1. The molecule has 0 atom stereocenters. The lowest BCUT2D eigenvalue weighted by Gasteiger charge is -2.29. The molecule has 4 rings (SSSR count). The molecule has 0 saturated carbocycles. The van der Waals surface area contributed by atoms with Crippen LogP contribution in [0.25, 0.3) is 10.9 Å². The van der Waals surface area contributed by atoms with Crippen LogP contribution in [0.1, 0.15) is 12.0 Å². The number of hydrogen-bond donors (Lipinski definition) is 2. The summed E-state index contributed by atoms with van der Waals surface area (Å²) in [5.74, 6) is -0.160. The predicted octanol–water partition coefficient (Wildman–Crippen LogP) is 3.23. The van der Waals surface area contributed by atoms with Crippen LogP contribution >= 0.6 is 12.2 Å². The Morgan fingerprint density at radius 1 is 1.20 bits per heavy atom. The van der Waals surface area contributed by atoms with Crippen molar-refractivity contribution in [2.45, 2.75) is 19.9 Å². The molecule has 1 saturated heterocycles. The number of morpholine rings is 1. The Bertz CT molecular complexity index is 1190. The maximum Gasteiger partial charge on any atom is 0.262 e. The molecule has 8 heteroatoms. The monoisotopic (exact) mass is 424 g/mol. The van der Waals surface area contributed by atoms with Crippen molar-refractivity contribution in [2.75, 3.05) is 36.5 Å². The van der Waals surface area contributed by atoms with Crippen molar-refractivity contribution in [3.05, 3.63) is 63.2 Å². The van der Waals surface area contributed by atoms with Crippen LogP contribution in [-0.2, 0) is 16.1 Å². The van der Waals surface area contributed by atoms with Crippen LogP contribution in [0, 0.1) is 11.7 Å². The fraction of sp³-hybridized carbons (Fsp3) is 0.318. The van der Waals surface area contributed by atoms with E-state index in [0.29, 0.717) is 15.7 Å². The lowest BCUT2D eigenvalue weighted by molar-refractivity contribution is -0.116. The van der Waals surface area contributed by atoms with Crippen LogP contribution in [0.3, 0.4) is 0 Å². The maximum absolute atomic E-state index is 12.7. The molecule has 1 amide bonds. The molecule has 0 aliphatic carbocycles. The van der Waals surface area contributed by atoms with Crippen molar-refractivity contribution in [1.82, 2.24) is 9.55 Å². The smallest absolute Gasteiger partial charge is 0.262 e. The minimum absolute atomic E-state index is 0.153. The van der Waals surface area contributed by atoms with Crippen molar-refractivity contribution in [3.63, 3.8) is 0 Å². The van der Waals surface area contributed by atoms with E-state index in [2.05, 4.69) is 21.3 Å². The van der Waals surface area contributed by atoms with Crippen LogP contribution in [0.15, 0.2) is 47.3 Å². The molecule has 1 fully saturated rings. The number of anilines is 2. The molecule has 1 aromatic heterocycles. The number of hydrogen-bond acceptors (Lipinski definition) is 5. The van der Waals surface area contributed by atoms with Crippen LogP contribution in [0.5, 0.6) is 0 Å². The van der Waals surface area contributed by atoms with Gasteiger partial charge in [0.2, 0.25) is 5.91 Å². The number of aryl methyl sites for hydroxylation is 1. The third-order valence-electron chi connectivity index (χ3n) is 5.31. The molecule has 0 spiro atoms. The Balaban J connectivity index is 1.44. The van der Waals surface area contributed by atoms with Crippen molar-refractivity contribution >= 4 is 40.4 Å². The topological polar surface area (TPSA) is 79.4 Å². The van der Waals surface area contributed by atoms with Gasteiger partial charge < -0.3 is 19.9 Å². The summed E-state index contributed by atoms with van der Waals surface area (Å²) >= 11 is 5.31. The fourth-order valence-electron chi connectivity index (χ4n) is 3.63. The van der Waals surface area contributed by atoms with Crippen LogP contribution in [0.4, 0.5) is 11.4 Å². The van der Waals surface area contributed by atoms with Gasteiger partial charge in [0.25, 0.3) is 5.56 Å². The zero-order chi connectivity index (χ0) is 21.1. The van der Waals surface area contributed by atoms with E-state index in [-0.39, 0.29) is 24.4 Å². The fourth-order valence-corrected chi connectivity index (χ4v) is 3.92. The number of carbonyl (C=O) groups is 1. The Kier molecular flexibility index (Phi) is 5.96. The highest BCUT2D eigenvalue weighted by molar-refractivity contribution is 7.71. The van der Waals surface area contributed by atoms with E-state index in [4.69, 9.17) is 17.0 Å². The number of nitrogens with zero attached hydrogens (tertiary/aromatic N) is 2. The number of rotatable bonds is 5. The molecule has 3 aromatic rings. The summed E-state index contributed by atoms with van der Waals surface area (Å²) in [6, 6.07) is 13.2. The summed E-state index contributed by atoms with van der Waals surface area (Å²) in [5.41, 5.74) is 3.40. The summed E-state index contributed by atoms with van der Waals surface area (Å²) in [5, 5.41) is 3.50. The van der Waals surface area contributed by atoms with Gasteiger partial charge in [-0.25, -0.2) is 0 Å². The number of carbonyl (C=O) groups excluding carboxylic acids is 1. The van der Waals surface area contributed by atoms with E-state index >= 15 is 0 Å². The first-order valence-electron chi connectivity index (χ1n) is 9.98. The van der Waals surface area contributed by atoms with Gasteiger partial charge in [-0.15, -0.1) is 0 Å². The highest BCUT2D eigenvalue weighted by Crippen LogP contribution is 2.23. The lowest BCUT2D eigenvalue weighted by atomic mass is 10.1. The molecule has 156 valence electrons. The Labute approximate surface area is 179 Å². The van der Waals surface area contributed by atoms with Crippen LogP contribution < -0.4 is 15.8 Å². The number of amides is 1. The van der Waals surface area contributed by atoms with Gasteiger partial charge in [-0.05, 0) is 55.0 Å². The second kappa shape index (κ2) is 8.81. The van der Waals surface area contributed by atoms with E-state index in [1.54, 1.807) is 12.1 Å². The van der Waals surface area contributed by atoms with Gasteiger partial charge in [0.15, 0.2) is 4.77 Å². The van der Waals surface area contributed by atoms with Gasteiger partial charge in [0, 0.05) is 37.4 Å². The van der Waals surface area contributed by atoms with Crippen molar-refractivity contribution in [1.29, 1.82) is 0 Å². The molecule has 0 radical (unpaired) electrons. The van der Waals surface area contributed by atoms with E-state index in [1.807, 2.05) is 31.2 Å². The first-order valence-corrected chi connectivity index (χ1v) is 10.4. The van der Waals surface area contributed by atoms with Crippen LogP contribution in [0.2, 0.25) is 0 Å². The van der Waals surface area contributed by atoms with Crippen molar-refractivity contribution in [2.24, 2.45) is 0 Å². The van der Waals surface area contributed by atoms with Gasteiger partial charge in [0.1, 0.15) is 0 Å². The van der Waals surface area contributed by atoms with E-state index in [9.17, 15) is 9.59 Å². The molecule has 0 unspecified atom stereocenters. The highest BCUT2D eigenvalue weighted by atomic mass is 32.1. The molecule has 2 N–H and O–H groups in total. The second-order valence-electron chi connectivity index (χ2n) is 7.33. The standard InChI is InChI=1S/C22H24N4O3S/c1-15-14-16(25-10-12-29-13-11-25)6-7-18(15)23-20(27)8-9-26-21(28)17-4-2-3-5-19(17)24-22(26)30/h2-7,14H,8-13H2,1H3,(H,23,27)(H,24,30). The van der Waals surface area contributed by atoms with E-state index in [1.165, 1.54) is 4.57 Å². The summed E-state index contributed by atoms with van der Waals surface area (Å²) in [6.07, 6.45) is 0.153. The van der Waals surface area contributed by atoms with Crippen LogP contribution in [-0.4, -0.2) is 41.8 Å². The number of aromatic amines is 1. The Morgan fingerprint density at radius 3 is 2.73 bits per heavy atom. The summed E-state index contributed by atoms with van der Waals surface area (Å²) in [7, 11) is 0. The maximum atomic E-state index is 12.7. The first kappa shape index (κ1) is 20.3.